The van der Waals surface area contributed by atoms with E-state index in [1.807, 2.05) is 6.92 Å². The second-order valence-electron chi connectivity index (χ2n) is 6.34. The van der Waals surface area contributed by atoms with E-state index in [-0.39, 0.29) is 6.10 Å². The van der Waals surface area contributed by atoms with Crippen molar-refractivity contribution in [3.8, 4) is 0 Å². The first-order valence-corrected chi connectivity index (χ1v) is 7.00. The smallest absolute Gasteiger partial charge is 0.0594 e. The lowest BCUT2D eigenvalue weighted by Crippen LogP contribution is -2.51. The molecular weight excluding hydrogens is 214 g/mol. The molecule has 100 valence electrons. The Kier molecular flexibility index (Phi) is 4.11. The van der Waals surface area contributed by atoms with Gasteiger partial charge in [-0.1, -0.05) is 13.8 Å². The highest BCUT2D eigenvalue weighted by Crippen LogP contribution is 2.54. The molecule has 1 heterocycles. The molecule has 3 heteroatoms. The molecule has 3 atom stereocenters. The number of hydrogen-bond acceptors (Lipinski definition) is 3. The molecule has 0 amide bonds. The highest BCUT2D eigenvalue weighted by molar-refractivity contribution is 4.98. The van der Waals surface area contributed by atoms with Gasteiger partial charge in [0.25, 0.3) is 0 Å². The van der Waals surface area contributed by atoms with Crippen molar-refractivity contribution in [3.05, 3.63) is 0 Å². The minimum absolute atomic E-state index is 0.148. The van der Waals surface area contributed by atoms with Crippen LogP contribution in [0.3, 0.4) is 0 Å². The van der Waals surface area contributed by atoms with Gasteiger partial charge in [-0.05, 0) is 43.6 Å². The van der Waals surface area contributed by atoms with Crippen molar-refractivity contribution in [2.24, 2.45) is 17.3 Å². The third kappa shape index (κ3) is 2.83. The van der Waals surface area contributed by atoms with E-state index in [0.717, 1.165) is 32.2 Å². The van der Waals surface area contributed by atoms with E-state index in [1.54, 1.807) is 0 Å². The van der Waals surface area contributed by atoms with Crippen molar-refractivity contribution in [2.75, 3.05) is 32.8 Å². The summed E-state index contributed by atoms with van der Waals surface area (Å²) in [5, 5.41) is 9.72. The predicted molar refractivity (Wildman–Crippen MR) is 68.9 cm³/mol. The van der Waals surface area contributed by atoms with Gasteiger partial charge in [0, 0.05) is 13.1 Å². The Hall–Kier alpha value is -0.120. The number of aliphatic hydroxyl groups is 1. The molecule has 2 rings (SSSR count). The summed E-state index contributed by atoms with van der Waals surface area (Å²) >= 11 is 0. The summed E-state index contributed by atoms with van der Waals surface area (Å²) in [6, 6.07) is 0. The van der Waals surface area contributed by atoms with E-state index in [9.17, 15) is 5.11 Å². The molecule has 1 aliphatic carbocycles. The summed E-state index contributed by atoms with van der Waals surface area (Å²) in [5.41, 5.74) is 0.320. The monoisotopic (exact) mass is 241 g/mol. The standard InChI is InChI=1S/C14H27NO2/c1-11(16)13-10-12(14(13,2)3)4-5-15-6-8-17-9-7-15/h11-13,16H,4-10H2,1-3H3/t11?,12-,13-/m0/s1. The molecule has 2 aliphatic rings. The van der Waals surface area contributed by atoms with E-state index < -0.39 is 0 Å². The molecule has 0 aromatic rings. The van der Waals surface area contributed by atoms with E-state index in [1.165, 1.54) is 19.4 Å². The molecule has 3 nitrogen and oxygen atoms in total. The van der Waals surface area contributed by atoms with Crippen LogP contribution in [0.15, 0.2) is 0 Å². The molecule has 0 aromatic carbocycles. The summed E-state index contributed by atoms with van der Waals surface area (Å²) in [5.74, 6) is 1.28. The van der Waals surface area contributed by atoms with Crippen molar-refractivity contribution >= 4 is 0 Å². The Morgan fingerprint density at radius 2 is 2.00 bits per heavy atom. The first-order chi connectivity index (χ1) is 8.01. The SMILES string of the molecule is CC(O)[C@@H]1C[C@H](CCN2CCOCC2)C1(C)C. The lowest BCUT2D eigenvalue weighted by Gasteiger charge is -2.54. The van der Waals surface area contributed by atoms with E-state index in [4.69, 9.17) is 4.74 Å². The van der Waals surface area contributed by atoms with E-state index in [0.29, 0.717) is 11.3 Å². The fourth-order valence-electron chi connectivity index (χ4n) is 3.53. The zero-order valence-electron chi connectivity index (χ0n) is 11.5. The van der Waals surface area contributed by atoms with Gasteiger partial charge in [0.1, 0.15) is 0 Å². The minimum atomic E-state index is -0.148. The van der Waals surface area contributed by atoms with Crippen LogP contribution in [0.2, 0.25) is 0 Å². The average Bonchev–Trinajstić information content (AvgIpc) is 2.28. The van der Waals surface area contributed by atoms with Crippen LogP contribution in [-0.4, -0.2) is 49.0 Å². The second-order valence-corrected chi connectivity index (χ2v) is 6.34. The molecule has 0 bridgehead atoms. The normalized spacial score (nSPS) is 35.3. The van der Waals surface area contributed by atoms with Crippen LogP contribution in [0.1, 0.15) is 33.6 Å². The molecule has 1 unspecified atom stereocenters. The summed E-state index contributed by atoms with van der Waals surface area (Å²) in [4.78, 5) is 2.51. The van der Waals surface area contributed by atoms with E-state index in [2.05, 4.69) is 18.7 Å². The fraction of sp³-hybridized carbons (Fsp3) is 1.00. The van der Waals surface area contributed by atoms with Crippen molar-refractivity contribution < 1.29 is 9.84 Å². The maximum absolute atomic E-state index is 9.72. The van der Waals surface area contributed by atoms with Crippen LogP contribution in [-0.2, 0) is 4.74 Å². The van der Waals surface area contributed by atoms with Crippen molar-refractivity contribution in [1.29, 1.82) is 0 Å². The second kappa shape index (κ2) is 5.25. The average molecular weight is 241 g/mol. The molecular formula is C14H27NO2. The topological polar surface area (TPSA) is 32.7 Å². The number of nitrogens with zero attached hydrogens (tertiary/aromatic N) is 1. The summed E-state index contributed by atoms with van der Waals surface area (Å²) < 4.78 is 5.36. The van der Waals surface area contributed by atoms with Crippen LogP contribution in [0, 0.1) is 17.3 Å². The van der Waals surface area contributed by atoms with Gasteiger partial charge in [0.05, 0.1) is 19.3 Å². The molecule has 1 saturated carbocycles. The van der Waals surface area contributed by atoms with Crippen LogP contribution in [0.4, 0.5) is 0 Å². The zero-order chi connectivity index (χ0) is 12.5. The molecule has 1 aliphatic heterocycles. The molecule has 0 spiro atoms. The van der Waals surface area contributed by atoms with Crippen LogP contribution < -0.4 is 0 Å². The molecule has 2 fully saturated rings. The maximum Gasteiger partial charge on any atom is 0.0594 e. The summed E-state index contributed by atoms with van der Waals surface area (Å²) in [6.07, 6.45) is 2.33. The summed E-state index contributed by atoms with van der Waals surface area (Å²) in [6.45, 7) is 11.7. The molecule has 1 N–H and O–H groups in total. The highest BCUT2D eigenvalue weighted by atomic mass is 16.5. The Bertz CT molecular complexity index is 247. The van der Waals surface area contributed by atoms with Gasteiger partial charge >= 0.3 is 0 Å². The zero-order valence-corrected chi connectivity index (χ0v) is 11.5. The minimum Gasteiger partial charge on any atom is -0.393 e. The van der Waals surface area contributed by atoms with Crippen LogP contribution in [0.25, 0.3) is 0 Å². The van der Waals surface area contributed by atoms with Gasteiger partial charge < -0.3 is 9.84 Å². The van der Waals surface area contributed by atoms with Gasteiger partial charge in [0.2, 0.25) is 0 Å². The van der Waals surface area contributed by atoms with Gasteiger partial charge in [-0.15, -0.1) is 0 Å². The molecule has 17 heavy (non-hydrogen) atoms. The predicted octanol–water partition coefficient (Wildman–Crippen LogP) is 1.75. The maximum atomic E-state index is 9.72. The number of hydrogen-bond donors (Lipinski definition) is 1. The first-order valence-electron chi connectivity index (χ1n) is 7.00. The largest absolute Gasteiger partial charge is 0.393 e. The van der Waals surface area contributed by atoms with E-state index >= 15 is 0 Å². The number of morpholine rings is 1. The summed E-state index contributed by atoms with van der Waals surface area (Å²) in [7, 11) is 0. The van der Waals surface area contributed by atoms with Crippen LogP contribution in [0.5, 0.6) is 0 Å². The van der Waals surface area contributed by atoms with Gasteiger partial charge in [-0.3, -0.25) is 4.90 Å². The lowest BCUT2D eigenvalue weighted by atomic mass is 9.52. The molecule has 0 aromatic heterocycles. The van der Waals surface area contributed by atoms with Crippen LogP contribution >= 0.6 is 0 Å². The molecule has 0 radical (unpaired) electrons. The Morgan fingerprint density at radius 1 is 1.35 bits per heavy atom. The fourth-order valence-corrected chi connectivity index (χ4v) is 3.53. The van der Waals surface area contributed by atoms with Crippen molar-refractivity contribution in [2.45, 2.75) is 39.7 Å². The van der Waals surface area contributed by atoms with Crippen molar-refractivity contribution in [1.82, 2.24) is 4.90 Å². The van der Waals surface area contributed by atoms with Crippen molar-refractivity contribution in [3.63, 3.8) is 0 Å². The lowest BCUT2D eigenvalue weighted by molar-refractivity contribution is -0.0944. The third-order valence-corrected chi connectivity index (χ3v) is 5.03. The Labute approximate surface area is 105 Å². The number of ether oxygens (including phenoxy) is 1. The number of rotatable bonds is 4. The van der Waals surface area contributed by atoms with Gasteiger partial charge in [0.15, 0.2) is 0 Å². The van der Waals surface area contributed by atoms with Gasteiger partial charge in [-0.25, -0.2) is 0 Å². The number of aliphatic hydroxyl groups excluding tert-OH is 1. The van der Waals surface area contributed by atoms with Gasteiger partial charge in [-0.2, -0.15) is 0 Å². The molecule has 1 saturated heterocycles. The quantitative estimate of drug-likeness (QED) is 0.814. The Morgan fingerprint density at radius 3 is 2.53 bits per heavy atom. The highest BCUT2D eigenvalue weighted by Gasteiger charge is 2.49. The third-order valence-electron chi connectivity index (χ3n) is 5.03. The Balaban J connectivity index is 1.74. The first kappa shape index (κ1) is 13.3.